The number of nitrogens with one attached hydrogen (secondary N) is 2. The highest BCUT2D eigenvalue weighted by Crippen LogP contribution is 2.10. The molecule has 6 heteroatoms. The van der Waals surface area contributed by atoms with Crippen LogP contribution in [0.3, 0.4) is 0 Å². The molecule has 0 spiro atoms. The van der Waals surface area contributed by atoms with Gasteiger partial charge in [-0.05, 0) is 27.4 Å². The third kappa shape index (κ3) is 2.23. The normalized spacial score (nSPS) is 10.1. The summed E-state index contributed by atoms with van der Waals surface area (Å²) in [5, 5.41) is 6.08. The van der Waals surface area contributed by atoms with Crippen molar-refractivity contribution in [2.45, 2.75) is 0 Å². The van der Waals surface area contributed by atoms with Gasteiger partial charge in [0.15, 0.2) is 0 Å². The fourth-order valence-corrected chi connectivity index (χ4v) is 2.12. The number of halogens is 1. The summed E-state index contributed by atoms with van der Waals surface area (Å²) in [6, 6.07) is 1.70. The van der Waals surface area contributed by atoms with Gasteiger partial charge >= 0.3 is 0 Å². The first-order chi connectivity index (χ1) is 7.68. The van der Waals surface area contributed by atoms with Crippen LogP contribution in [0.1, 0.15) is 10.4 Å². The highest BCUT2D eigenvalue weighted by molar-refractivity contribution is 9.10. The van der Waals surface area contributed by atoms with E-state index in [4.69, 9.17) is 0 Å². The Bertz CT molecular complexity index is 562. The number of pyridine rings is 1. The predicted octanol–water partition coefficient (Wildman–Crippen LogP) is 2.45. The van der Waals surface area contributed by atoms with E-state index in [-0.39, 0.29) is 17.0 Å². The van der Waals surface area contributed by atoms with Gasteiger partial charge in [0.25, 0.3) is 5.91 Å². The summed E-state index contributed by atoms with van der Waals surface area (Å²) in [7, 11) is 0. The second kappa shape index (κ2) is 4.63. The number of thiophene rings is 1. The molecule has 0 aliphatic rings. The van der Waals surface area contributed by atoms with E-state index in [2.05, 4.69) is 26.2 Å². The van der Waals surface area contributed by atoms with Crippen LogP contribution >= 0.6 is 27.3 Å². The number of aromatic amines is 1. The van der Waals surface area contributed by atoms with E-state index in [1.165, 1.54) is 23.7 Å². The van der Waals surface area contributed by atoms with Crippen molar-refractivity contribution in [3.05, 3.63) is 49.5 Å². The Balaban J connectivity index is 2.25. The maximum absolute atomic E-state index is 11.7. The zero-order valence-electron chi connectivity index (χ0n) is 7.99. The molecule has 16 heavy (non-hydrogen) atoms. The van der Waals surface area contributed by atoms with Gasteiger partial charge in [0.1, 0.15) is 5.69 Å². The Labute approximate surface area is 103 Å². The Morgan fingerprint density at radius 3 is 2.94 bits per heavy atom. The maximum Gasteiger partial charge on any atom is 0.256 e. The molecule has 1 amide bonds. The van der Waals surface area contributed by atoms with Crippen molar-refractivity contribution in [2.24, 2.45) is 0 Å². The minimum absolute atomic E-state index is 0.227. The van der Waals surface area contributed by atoms with Crippen molar-refractivity contribution in [1.29, 1.82) is 0 Å². The first kappa shape index (κ1) is 11.1. The summed E-state index contributed by atoms with van der Waals surface area (Å²) >= 11 is 4.52. The number of carbonyl (C=O) groups excluding carboxylic acids is 1. The molecule has 2 N–H and O–H groups in total. The van der Waals surface area contributed by atoms with Crippen molar-refractivity contribution >= 4 is 38.9 Å². The molecule has 82 valence electrons. The number of aromatic nitrogens is 1. The molecule has 0 unspecified atom stereocenters. The van der Waals surface area contributed by atoms with Crippen molar-refractivity contribution in [3.8, 4) is 0 Å². The molecule has 0 bridgehead atoms. The van der Waals surface area contributed by atoms with Crippen molar-refractivity contribution in [2.75, 3.05) is 5.32 Å². The van der Waals surface area contributed by atoms with Crippen LogP contribution in [0.25, 0.3) is 0 Å². The van der Waals surface area contributed by atoms with Gasteiger partial charge in [-0.3, -0.25) is 9.59 Å². The predicted molar refractivity (Wildman–Crippen MR) is 67.0 cm³/mol. The van der Waals surface area contributed by atoms with Crippen molar-refractivity contribution < 1.29 is 4.79 Å². The first-order valence-corrected chi connectivity index (χ1v) is 6.12. The van der Waals surface area contributed by atoms with Gasteiger partial charge in [0, 0.05) is 17.8 Å². The third-order valence-corrected chi connectivity index (χ3v) is 3.20. The Morgan fingerprint density at radius 2 is 2.25 bits per heavy atom. The van der Waals surface area contributed by atoms with Crippen LogP contribution in [0.15, 0.2) is 38.5 Å². The SMILES string of the molecule is O=C(Nc1c[nH]cc(Br)c1=O)c1ccsc1. The number of amides is 1. The number of rotatable bonds is 2. The van der Waals surface area contributed by atoms with Gasteiger partial charge in [-0.1, -0.05) is 0 Å². The third-order valence-electron chi connectivity index (χ3n) is 1.93. The molecule has 0 radical (unpaired) electrons. The number of hydrogen-bond acceptors (Lipinski definition) is 3. The zero-order chi connectivity index (χ0) is 11.5. The topological polar surface area (TPSA) is 62.0 Å². The molecule has 0 aliphatic carbocycles. The van der Waals surface area contributed by atoms with E-state index in [0.29, 0.717) is 10.0 Å². The number of H-pyrrole nitrogens is 1. The van der Waals surface area contributed by atoms with Crippen LogP contribution in [0, 0.1) is 0 Å². The van der Waals surface area contributed by atoms with Crippen LogP contribution in [-0.4, -0.2) is 10.9 Å². The van der Waals surface area contributed by atoms with Crippen LogP contribution in [-0.2, 0) is 0 Å². The smallest absolute Gasteiger partial charge is 0.256 e. The molecule has 0 aromatic carbocycles. The maximum atomic E-state index is 11.7. The monoisotopic (exact) mass is 298 g/mol. The lowest BCUT2D eigenvalue weighted by Gasteiger charge is -2.02. The number of hydrogen-bond donors (Lipinski definition) is 2. The summed E-state index contributed by atoms with van der Waals surface area (Å²) in [4.78, 5) is 26.0. The van der Waals surface area contributed by atoms with Crippen LogP contribution in [0.4, 0.5) is 5.69 Å². The van der Waals surface area contributed by atoms with E-state index in [1.54, 1.807) is 16.8 Å². The number of carbonyl (C=O) groups is 1. The molecule has 4 nitrogen and oxygen atoms in total. The van der Waals surface area contributed by atoms with Crippen LogP contribution in [0.2, 0.25) is 0 Å². The largest absolute Gasteiger partial charge is 0.365 e. The summed E-state index contributed by atoms with van der Waals surface area (Å²) in [5.74, 6) is -0.287. The highest BCUT2D eigenvalue weighted by atomic mass is 79.9. The van der Waals surface area contributed by atoms with Gasteiger partial charge in [-0.2, -0.15) is 11.3 Å². The lowest BCUT2D eigenvalue weighted by molar-refractivity contribution is 0.102. The zero-order valence-corrected chi connectivity index (χ0v) is 10.4. The molecule has 2 aromatic heterocycles. The minimum atomic E-state index is -0.287. The second-order valence-corrected chi connectivity index (χ2v) is 4.65. The standard InChI is InChI=1S/C10H7BrN2O2S/c11-7-3-12-4-8(9(7)14)13-10(15)6-1-2-16-5-6/h1-5H,(H,12,14)(H,13,15). The summed E-state index contributed by atoms with van der Waals surface area (Å²) in [5.41, 5.74) is 0.525. The lowest BCUT2D eigenvalue weighted by atomic mass is 10.3. The van der Waals surface area contributed by atoms with E-state index in [1.807, 2.05) is 0 Å². The molecule has 0 fully saturated rings. The van der Waals surface area contributed by atoms with Gasteiger partial charge in [0.2, 0.25) is 5.43 Å². The molecular weight excluding hydrogens is 292 g/mol. The van der Waals surface area contributed by atoms with Crippen LogP contribution < -0.4 is 10.7 Å². The van der Waals surface area contributed by atoms with Gasteiger partial charge in [-0.25, -0.2) is 0 Å². The fraction of sp³-hybridized carbons (Fsp3) is 0. The Morgan fingerprint density at radius 1 is 1.44 bits per heavy atom. The average Bonchev–Trinajstić information content (AvgIpc) is 2.78. The van der Waals surface area contributed by atoms with E-state index < -0.39 is 0 Å². The Kier molecular flexibility index (Phi) is 3.21. The van der Waals surface area contributed by atoms with Crippen molar-refractivity contribution in [3.63, 3.8) is 0 Å². The molecule has 0 saturated heterocycles. The minimum Gasteiger partial charge on any atom is -0.365 e. The lowest BCUT2D eigenvalue weighted by Crippen LogP contribution is -2.18. The van der Waals surface area contributed by atoms with E-state index >= 15 is 0 Å². The summed E-state index contributed by atoms with van der Waals surface area (Å²) < 4.78 is 0.385. The van der Waals surface area contributed by atoms with Crippen LogP contribution in [0.5, 0.6) is 0 Å². The summed E-state index contributed by atoms with van der Waals surface area (Å²) in [6.07, 6.45) is 2.97. The molecular formula is C10H7BrN2O2S. The molecule has 2 rings (SSSR count). The summed E-state index contributed by atoms with van der Waals surface area (Å²) in [6.45, 7) is 0. The molecule has 2 heterocycles. The van der Waals surface area contributed by atoms with E-state index in [0.717, 1.165) is 0 Å². The average molecular weight is 299 g/mol. The molecule has 2 aromatic rings. The quantitative estimate of drug-likeness (QED) is 0.894. The van der Waals surface area contributed by atoms with E-state index in [9.17, 15) is 9.59 Å². The highest BCUT2D eigenvalue weighted by Gasteiger charge is 2.09. The van der Waals surface area contributed by atoms with Gasteiger partial charge in [-0.15, -0.1) is 0 Å². The van der Waals surface area contributed by atoms with Crippen molar-refractivity contribution in [1.82, 2.24) is 4.98 Å². The first-order valence-electron chi connectivity index (χ1n) is 4.38. The Hall–Kier alpha value is -1.40. The van der Waals surface area contributed by atoms with Gasteiger partial charge < -0.3 is 10.3 Å². The molecule has 0 atom stereocenters. The fourth-order valence-electron chi connectivity index (χ4n) is 1.14. The number of anilines is 1. The second-order valence-electron chi connectivity index (χ2n) is 3.01. The molecule has 0 saturated carbocycles. The van der Waals surface area contributed by atoms with Gasteiger partial charge in [0.05, 0.1) is 10.0 Å². The molecule has 0 aliphatic heterocycles.